The fourth-order valence-electron chi connectivity index (χ4n) is 1.55. The molecule has 0 fully saturated rings. The van der Waals surface area contributed by atoms with Crippen molar-refractivity contribution >= 4 is 29.1 Å². The fraction of sp³-hybridized carbons (Fsp3) is 0. The van der Waals surface area contributed by atoms with E-state index < -0.39 is 11.8 Å². The minimum absolute atomic E-state index is 0.0716. The molecule has 100 valence electrons. The third-order valence-electron chi connectivity index (χ3n) is 2.44. The van der Waals surface area contributed by atoms with Crippen molar-refractivity contribution in [2.45, 2.75) is 0 Å². The molecule has 0 aliphatic rings. The molecule has 7 heteroatoms. The smallest absolute Gasteiger partial charge is 0.339 e. The van der Waals surface area contributed by atoms with Crippen LogP contribution < -0.4 is 5.32 Å². The van der Waals surface area contributed by atoms with E-state index in [9.17, 15) is 9.18 Å². The van der Waals surface area contributed by atoms with Crippen LogP contribution in [0.1, 0.15) is 15.9 Å². The Balaban J connectivity index is 2.48. The molecule has 0 bridgehead atoms. The van der Waals surface area contributed by atoms with Crippen LogP contribution in [0.25, 0.3) is 0 Å². The van der Waals surface area contributed by atoms with Crippen LogP contribution in [0.15, 0.2) is 30.5 Å². The summed E-state index contributed by atoms with van der Waals surface area (Å²) < 4.78 is 13.0. The number of aromatic carboxylic acids is 1. The Hall–Kier alpha value is -2.65. The van der Waals surface area contributed by atoms with E-state index in [1.807, 2.05) is 6.07 Å². The molecule has 0 aliphatic heterocycles. The number of pyridine rings is 1. The predicted molar refractivity (Wildman–Crippen MR) is 70.6 cm³/mol. The lowest BCUT2D eigenvalue weighted by Gasteiger charge is -2.10. The summed E-state index contributed by atoms with van der Waals surface area (Å²) in [5, 5.41) is 21.0. The lowest BCUT2D eigenvalue weighted by Crippen LogP contribution is -2.06. The van der Waals surface area contributed by atoms with Crippen LogP contribution in [0, 0.1) is 17.1 Å². The van der Waals surface area contributed by atoms with Gasteiger partial charge in [0.2, 0.25) is 0 Å². The summed E-state index contributed by atoms with van der Waals surface area (Å²) >= 11 is 5.82. The van der Waals surface area contributed by atoms with Crippen molar-refractivity contribution in [1.82, 2.24) is 4.98 Å². The number of anilines is 2. The number of rotatable bonds is 3. The number of halogens is 2. The summed E-state index contributed by atoms with van der Waals surface area (Å²) in [6.45, 7) is 0. The van der Waals surface area contributed by atoms with E-state index >= 15 is 0 Å². The zero-order chi connectivity index (χ0) is 14.7. The molecular weight excluding hydrogens is 285 g/mol. The van der Waals surface area contributed by atoms with Crippen molar-refractivity contribution in [3.8, 4) is 6.07 Å². The monoisotopic (exact) mass is 291 g/mol. The average molecular weight is 292 g/mol. The Labute approximate surface area is 118 Å². The first kappa shape index (κ1) is 13.8. The number of nitrogens with one attached hydrogen (secondary N) is 1. The van der Waals surface area contributed by atoms with Gasteiger partial charge in [-0.05, 0) is 24.3 Å². The molecule has 0 amide bonds. The van der Waals surface area contributed by atoms with E-state index in [1.165, 1.54) is 18.2 Å². The Morgan fingerprint density at radius 1 is 1.45 bits per heavy atom. The van der Waals surface area contributed by atoms with Crippen molar-refractivity contribution < 1.29 is 14.3 Å². The average Bonchev–Trinajstić information content (AvgIpc) is 2.41. The lowest BCUT2D eigenvalue weighted by molar-refractivity contribution is 0.0697. The Morgan fingerprint density at radius 3 is 2.85 bits per heavy atom. The second-order valence-corrected chi connectivity index (χ2v) is 4.22. The highest BCUT2D eigenvalue weighted by Gasteiger charge is 2.14. The van der Waals surface area contributed by atoms with Gasteiger partial charge in [0.05, 0.1) is 17.4 Å². The van der Waals surface area contributed by atoms with Gasteiger partial charge in [-0.1, -0.05) is 11.6 Å². The SMILES string of the molecule is N#Cc1ccc(Cl)cc1Nc1ncc(F)cc1C(=O)O. The Bertz CT molecular complexity index is 728. The van der Waals surface area contributed by atoms with Gasteiger partial charge in [0.25, 0.3) is 0 Å². The van der Waals surface area contributed by atoms with Gasteiger partial charge in [-0.2, -0.15) is 5.26 Å². The number of nitrogens with zero attached hydrogens (tertiary/aromatic N) is 2. The van der Waals surface area contributed by atoms with Gasteiger partial charge in [0, 0.05) is 5.02 Å². The number of carbonyl (C=O) groups is 1. The first-order valence-corrected chi connectivity index (χ1v) is 5.74. The van der Waals surface area contributed by atoms with E-state index in [2.05, 4.69) is 10.3 Å². The predicted octanol–water partition coefficient (Wildman–Crippen LogP) is 3.19. The van der Waals surface area contributed by atoms with Crippen LogP contribution in [-0.2, 0) is 0 Å². The van der Waals surface area contributed by atoms with E-state index in [1.54, 1.807) is 0 Å². The van der Waals surface area contributed by atoms with Gasteiger partial charge in [0.1, 0.15) is 23.3 Å². The second kappa shape index (κ2) is 5.55. The minimum Gasteiger partial charge on any atom is -0.478 e. The summed E-state index contributed by atoms with van der Waals surface area (Å²) in [7, 11) is 0. The van der Waals surface area contributed by atoms with Crippen LogP contribution in [0.4, 0.5) is 15.9 Å². The summed E-state index contributed by atoms with van der Waals surface area (Å²) in [6, 6.07) is 7.24. The van der Waals surface area contributed by atoms with Crippen LogP contribution in [0.5, 0.6) is 0 Å². The van der Waals surface area contributed by atoms with E-state index in [-0.39, 0.29) is 16.9 Å². The molecule has 1 aromatic carbocycles. The largest absolute Gasteiger partial charge is 0.478 e. The van der Waals surface area contributed by atoms with E-state index in [0.29, 0.717) is 10.7 Å². The summed E-state index contributed by atoms with van der Waals surface area (Å²) in [6.07, 6.45) is 0.880. The fourth-order valence-corrected chi connectivity index (χ4v) is 1.72. The highest BCUT2D eigenvalue weighted by Crippen LogP contribution is 2.25. The third kappa shape index (κ3) is 2.84. The topological polar surface area (TPSA) is 86.0 Å². The van der Waals surface area contributed by atoms with Crippen molar-refractivity contribution in [1.29, 1.82) is 5.26 Å². The van der Waals surface area contributed by atoms with Gasteiger partial charge in [-0.3, -0.25) is 0 Å². The molecule has 2 rings (SSSR count). The molecule has 1 heterocycles. The maximum absolute atomic E-state index is 13.0. The molecule has 0 radical (unpaired) electrons. The molecule has 0 atom stereocenters. The van der Waals surface area contributed by atoms with Gasteiger partial charge >= 0.3 is 5.97 Å². The number of benzene rings is 1. The van der Waals surface area contributed by atoms with Gasteiger partial charge in [0.15, 0.2) is 0 Å². The normalized spacial score (nSPS) is 9.85. The number of hydrogen-bond acceptors (Lipinski definition) is 4. The van der Waals surface area contributed by atoms with Crippen molar-refractivity contribution in [3.05, 3.63) is 52.4 Å². The molecule has 2 aromatic rings. The molecule has 0 spiro atoms. The minimum atomic E-state index is -1.33. The zero-order valence-electron chi connectivity index (χ0n) is 9.89. The molecule has 0 unspecified atom stereocenters. The van der Waals surface area contributed by atoms with Crippen LogP contribution in [0.2, 0.25) is 5.02 Å². The highest BCUT2D eigenvalue weighted by molar-refractivity contribution is 6.30. The van der Waals surface area contributed by atoms with E-state index in [4.69, 9.17) is 22.0 Å². The summed E-state index contributed by atoms with van der Waals surface area (Å²) in [4.78, 5) is 14.7. The zero-order valence-corrected chi connectivity index (χ0v) is 10.6. The lowest BCUT2D eigenvalue weighted by atomic mass is 10.2. The first-order chi connectivity index (χ1) is 9.51. The molecule has 2 N–H and O–H groups in total. The molecule has 5 nitrogen and oxygen atoms in total. The van der Waals surface area contributed by atoms with E-state index in [0.717, 1.165) is 12.3 Å². The first-order valence-electron chi connectivity index (χ1n) is 5.37. The van der Waals surface area contributed by atoms with Crippen LogP contribution >= 0.6 is 11.6 Å². The van der Waals surface area contributed by atoms with Crippen LogP contribution in [-0.4, -0.2) is 16.1 Å². The number of hydrogen-bond donors (Lipinski definition) is 2. The Kier molecular flexibility index (Phi) is 3.82. The number of carboxylic acids is 1. The molecule has 1 aromatic heterocycles. The molecule has 0 aliphatic carbocycles. The number of aromatic nitrogens is 1. The maximum Gasteiger partial charge on any atom is 0.339 e. The van der Waals surface area contributed by atoms with Crippen molar-refractivity contribution in [2.24, 2.45) is 0 Å². The third-order valence-corrected chi connectivity index (χ3v) is 2.67. The van der Waals surface area contributed by atoms with Gasteiger partial charge in [-0.15, -0.1) is 0 Å². The standard InChI is InChI=1S/C13H7ClFN3O2/c14-8-2-1-7(5-16)11(3-8)18-12-10(13(19)20)4-9(15)6-17-12/h1-4,6H,(H,17,18)(H,19,20). The number of nitriles is 1. The summed E-state index contributed by atoms with van der Waals surface area (Å²) in [5.74, 6) is -2.17. The quantitative estimate of drug-likeness (QED) is 0.907. The molecular formula is C13H7ClFN3O2. The second-order valence-electron chi connectivity index (χ2n) is 3.78. The Morgan fingerprint density at radius 2 is 2.20 bits per heavy atom. The van der Waals surface area contributed by atoms with Gasteiger partial charge in [-0.25, -0.2) is 14.2 Å². The van der Waals surface area contributed by atoms with Crippen molar-refractivity contribution in [2.75, 3.05) is 5.32 Å². The summed E-state index contributed by atoms with van der Waals surface area (Å²) in [5.41, 5.74) is 0.215. The number of carboxylic acid groups (broad SMARTS) is 1. The highest BCUT2D eigenvalue weighted by atomic mass is 35.5. The molecule has 0 saturated carbocycles. The molecule has 0 saturated heterocycles. The van der Waals surface area contributed by atoms with Crippen molar-refractivity contribution in [3.63, 3.8) is 0 Å². The maximum atomic E-state index is 13.0. The molecule has 20 heavy (non-hydrogen) atoms. The van der Waals surface area contributed by atoms with Gasteiger partial charge < -0.3 is 10.4 Å². The van der Waals surface area contributed by atoms with Crippen LogP contribution in [0.3, 0.4) is 0 Å².